The van der Waals surface area contributed by atoms with Gasteiger partial charge in [-0.05, 0) is 40.9 Å². The standard InChI is InChI=1S/C13H19BrN2O3/c1-18-9-10-19-8-3-2-6-16-13(17)11-5-4-7-15-12(11)14/h4-5,7H,2-3,6,8-10H2,1H3,(H,16,17). The maximum atomic E-state index is 11.8. The molecule has 0 radical (unpaired) electrons. The number of methoxy groups -OCH3 is 1. The highest BCUT2D eigenvalue weighted by atomic mass is 79.9. The van der Waals surface area contributed by atoms with E-state index in [1.807, 2.05) is 0 Å². The van der Waals surface area contributed by atoms with E-state index < -0.39 is 0 Å². The molecule has 0 fully saturated rings. The SMILES string of the molecule is COCCOCCCCNC(=O)c1cccnc1Br. The number of unbranched alkanes of at least 4 members (excludes halogenated alkanes) is 1. The van der Waals surface area contributed by atoms with Crippen LogP contribution in [0.5, 0.6) is 0 Å². The van der Waals surface area contributed by atoms with Crippen LogP contribution in [-0.2, 0) is 9.47 Å². The molecule has 6 heteroatoms. The Bertz CT molecular complexity index is 388. The van der Waals surface area contributed by atoms with Crippen LogP contribution < -0.4 is 5.32 Å². The van der Waals surface area contributed by atoms with Crippen molar-refractivity contribution >= 4 is 21.8 Å². The number of aromatic nitrogens is 1. The van der Waals surface area contributed by atoms with Gasteiger partial charge in [-0.2, -0.15) is 0 Å². The van der Waals surface area contributed by atoms with Crippen LogP contribution in [0.3, 0.4) is 0 Å². The third-order valence-electron chi connectivity index (χ3n) is 2.44. The van der Waals surface area contributed by atoms with Crippen molar-refractivity contribution in [3.63, 3.8) is 0 Å². The maximum absolute atomic E-state index is 11.8. The van der Waals surface area contributed by atoms with Crippen molar-refractivity contribution < 1.29 is 14.3 Å². The first kappa shape index (κ1) is 16.1. The number of nitrogens with zero attached hydrogens (tertiary/aromatic N) is 1. The summed E-state index contributed by atoms with van der Waals surface area (Å²) in [6.07, 6.45) is 3.44. The van der Waals surface area contributed by atoms with E-state index in [-0.39, 0.29) is 5.91 Å². The Kier molecular flexibility index (Phi) is 8.36. The van der Waals surface area contributed by atoms with Crippen molar-refractivity contribution in [1.29, 1.82) is 0 Å². The van der Waals surface area contributed by atoms with Gasteiger partial charge in [0.15, 0.2) is 0 Å². The lowest BCUT2D eigenvalue weighted by molar-refractivity contribution is 0.0686. The van der Waals surface area contributed by atoms with E-state index in [0.717, 1.165) is 12.8 Å². The monoisotopic (exact) mass is 330 g/mol. The molecule has 0 aliphatic heterocycles. The Balaban J connectivity index is 2.10. The van der Waals surface area contributed by atoms with Crippen LogP contribution in [0.4, 0.5) is 0 Å². The van der Waals surface area contributed by atoms with Crippen LogP contribution in [0.25, 0.3) is 0 Å². The third-order valence-corrected chi connectivity index (χ3v) is 3.07. The van der Waals surface area contributed by atoms with Gasteiger partial charge in [-0.1, -0.05) is 0 Å². The molecule has 1 N–H and O–H groups in total. The number of ether oxygens (including phenoxy) is 2. The van der Waals surface area contributed by atoms with Gasteiger partial charge in [0.1, 0.15) is 4.60 Å². The number of pyridine rings is 1. The molecule has 19 heavy (non-hydrogen) atoms. The first-order valence-electron chi connectivity index (χ1n) is 6.21. The second-order valence-corrected chi connectivity index (χ2v) is 4.66. The Labute approximate surface area is 121 Å². The molecule has 1 amide bonds. The first-order chi connectivity index (χ1) is 9.25. The second kappa shape index (κ2) is 9.89. The van der Waals surface area contributed by atoms with E-state index in [0.29, 0.717) is 36.5 Å². The van der Waals surface area contributed by atoms with Crippen molar-refractivity contribution in [3.05, 3.63) is 28.5 Å². The average Bonchev–Trinajstić information content (AvgIpc) is 2.42. The number of halogens is 1. The number of nitrogens with one attached hydrogen (secondary N) is 1. The molecule has 1 aromatic rings. The summed E-state index contributed by atoms with van der Waals surface area (Å²) < 4.78 is 10.8. The zero-order valence-corrected chi connectivity index (χ0v) is 12.6. The van der Waals surface area contributed by atoms with Gasteiger partial charge >= 0.3 is 0 Å². The van der Waals surface area contributed by atoms with Gasteiger partial charge in [-0.3, -0.25) is 4.79 Å². The molecular weight excluding hydrogens is 312 g/mol. The van der Waals surface area contributed by atoms with E-state index in [1.54, 1.807) is 25.4 Å². The number of hydrogen-bond donors (Lipinski definition) is 1. The predicted molar refractivity (Wildman–Crippen MR) is 76.2 cm³/mol. The highest BCUT2D eigenvalue weighted by molar-refractivity contribution is 9.10. The van der Waals surface area contributed by atoms with Gasteiger partial charge in [-0.15, -0.1) is 0 Å². The van der Waals surface area contributed by atoms with Gasteiger partial charge in [-0.25, -0.2) is 4.98 Å². The van der Waals surface area contributed by atoms with Gasteiger partial charge in [0, 0.05) is 26.5 Å². The quantitative estimate of drug-likeness (QED) is 0.556. The minimum Gasteiger partial charge on any atom is -0.382 e. The van der Waals surface area contributed by atoms with Crippen molar-refractivity contribution in [2.24, 2.45) is 0 Å². The van der Waals surface area contributed by atoms with E-state index in [2.05, 4.69) is 26.2 Å². The summed E-state index contributed by atoms with van der Waals surface area (Å²) in [5.74, 6) is -0.111. The summed E-state index contributed by atoms with van der Waals surface area (Å²) >= 11 is 3.25. The van der Waals surface area contributed by atoms with Gasteiger partial charge < -0.3 is 14.8 Å². The highest BCUT2D eigenvalue weighted by Gasteiger charge is 2.08. The van der Waals surface area contributed by atoms with Gasteiger partial charge in [0.05, 0.1) is 18.8 Å². The first-order valence-corrected chi connectivity index (χ1v) is 7.00. The topological polar surface area (TPSA) is 60.5 Å². The molecule has 1 rings (SSSR count). The lowest BCUT2D eigenvalue weighted by atomic mass is 10.2. The van der Waals surface area contributed by atoms with Crippen molar-refractivity contribution in [2.45, 2.75) is 12.8 Å². The molecule has 0 saturated heterocycles. The van der Waals surface area contributed by atoms with Gasteiger partial charge in [0.2, 0.25) is 0 Å². The molecule has 0 aliphatic carbocycles. The Morgan fingerprint density at radius 1 is 1.37 bits per heavy atom. The molecule has 0 aliphatic rings. The van der Waals surface area contributed by atoms with E-state index >= 15 is 0 Å². The zero-order valence-electron chi connectivity index (χ0n) is 11.0. The number of carbonyl (C=O) groups is 1. The minimum absolute atomic E-state index is 0.111. The molecule has 0 unspecified atom stereocenters. The van der Waals surface area contributed by atoms with Crippen LogP contribution >= 0.6 is 15.9 Å². The van der Waals surface area contributed by atoms with Crippen LogP contribution in [0.2, 0.25) is 0 Å². The summed E-state index contributed by atoms with van der Waals surface area (Å²) in [7, 11) is 1.65. The van der Waals surface area contributed by atoms with Gasteiger partial charge in [0.25, 0.3) is 5.91 Å². The molecule has 0 atom stereocenters. The lowest BCUT2D eigenvalue weighted by Gasteiger charge is -2.06. The average molecular weight is 331 g/mol. The van der Waals surface area contributed by atoms with Crippen molar-refractivity contribution in [2.75, 3.05) is 33.5 Å². The summed E-state index contributed by atoms with van der Waals surface area (Å²) in [6, 6.07) is 3.48. The van der Waals surface area contributed by atoms with Crippen LogP contribution in [0, 0.1) is 0 Å². The molecule has 0 bridgehead atoms. The van der Waals surface area contributed by atoms with E-state index in [1.165, 1.54) is 0 Å². The summed E-state index contributed by atoms with van der Waals surface area (Å²) in [4.78, 5) is 15.8. The van der Waals surface area contributed by atoms with Crippen molar-refractivity contribution in [3.8, 4) is 0 Å². The lowest BCUT2D eigenvalue weighted by Crippen LogP contribution is -2.25. The molecule has 5 nitrogen and oxygen atoms in total. The van der Waals surface area contributed by atoms with Crippen LogP contribution in [0.15, 0.2) is 22.9 Å². The molecule has 0 saturated carbocycles. The highest BCUT2D eigenvalue weighted by Crippen LogP contribution is 2.11. The Morgan fingerprint density at radius 2 is 2.21 bits per heavy atom. The molecule has 106 valence electrons. The molecule has 0 aromatic carbocycles. The normalized spacial score (nSPS) is 10.4. The van der Waals surface area contributed by atoms with E-state index in [4.69, 9.17) is 9.47 Å². The van der Waals surface area contributed by atoms with Crippen LogP contribution in [0.1, 0.15) is 23.2 Å². The fourth-order valence-corrected chi connectivity index (χ4v) is 1.86. The van der Waals surface area contributed by atoms with Crippen molar-refractivity contribution in [1.82, 2.24) is 10.3 Å². The smallest absolute Gasteiger partial charge is 0.254 e. The van der Waals surface area contributed by atoms with Crippen LogP contribution in [-0.4, -0.2) is 44.4 Å². The number of carbonyl (C=O) groups excluding carboxylic acids is 1. The second-order valence-electron chi connectivity index (χ2n) is 3.91. The maximum Gasteiger partial charge on any atom is 0.254 e. The number of rotatable bonds is 9. The summed E-state index contributed by atoms with van der Waals surface area (Å²) in [5.41, 5.74) is 0.554. The molecule has 1 heterocycles. The number of hydrogen-bond acceptors (Lipinski definition) is 4. The Morgan fingerprint density at radius 3 is 2.95 bits per heavy atom. The fourth-order valence-electron chi connectivity index (χ4n) is 1.43. The summed E-state index contributed by atoms with van der Waals surface area (Å²) in [5, 5.41) is 2.85. The zero-order chi connectivity index (χ0) is 13.9. The Hall–Kier alpha value is -0.980. The fraction of sp³-hybridized carbons (Fsp3) is 0.538. The molecular formula is C13H19BrN2O3. The third kappa shape index (κ3) is 6.66. The molecule has 1 aromatic heterocycles. The minimum atomic E-state index is -0.111. The number of amides is 1. The molecule has 0 spiro atoms. The summed E-state index contributed by atoms with van der Waals surface area (Å²) in [6.45, 7) is 2.56. The largest absolute Gasteiger partial charge is 0.382 e. The van der Waals surface area contributed by atoms with E-state index in [9.17, 15) is 4.79 Å². The predicted octanol–water partition coefficient (Wildman–Crippen LogP) is 2.02.